The number of nitriles is 1. The number of H-pyrrole nitrogens is 1. The number of anilines is 1. The molecule has 4 heterocycles. The number of pyridine rings is 2. The predicted octanol–water partition coefficient (Wildman–Crippen LogP) is 3.84. The number of piperazine rings is 1. The molecule has 150 valence electrons. The SMILES string of the molecule is CC(=O)N1[C@H](C)CN(c2nc(-c3c[nH]c4ncc(Cl)cc34)ccc2C#N)C[C@@H]1C.[HH]. The van der Waals surface area contributed by atoms with Crippen molar-refractivity contribution in [1.82, 2.24) is 19.9 Å². The highest BCUT2D eigenvalue weighted by Crippen LogP contribution is 2.31. The Morgan fingerprint density at radius 2 is 2.07 bits per heavy atom. The summed E-state index contributed by atoms with van der Waals surface area (Å²) in [5.41, 5.74) is 2.86. The maximum atomic E-state index is 12.0. The highest BCUT2D eigenvalue weighted by Gasteiger charge is 2.32. The second kappa shape index (κ2) is 7.37. The summed E-state index contributed by atoms with van der Waals surface area (Å²) in [7, 11) is 0. The zero-order valence-corrected chi connectivity index (χ0v) is 17.2. The van der Waals surface area contributed by atoms with E-state index in [-0.39, 0.29) is 19.4 Å². The molecule has 4 rings (SSSR count). The molecular weight excluding hydrogens is 388 g/mol. The Bertz CT molecular complexity index is 1130. The van der Waals surface area contributed by atoms with Crippen molar-refractivity contribution >= 4 is 34.4 Å². The number of carbonyl (C=O) groups is 1. The Morgan fingerprint density at radius 1 is 1.34 bits per heavy atom. The Morgan fingerprint density at radius 3 is 2.72 bits per heavy atom. The van der Waals surface area contributed by atoms with E-state index in [9.17, 15) is 10.1 Å². The third-order valence-electron chi connectivity index (χ3n) is 5.35. The van der Waals surface area contributed by atoms with E-state index in [1.54, 1.807) is 19.2 Å². The molecular formula is C21H23ClN6O. The molecule has 3 aromatic heterocycles. The first-order valence-electron chi connectivity index (χ1n) is 9.47. The minimum Gasteiger partial charge on any atom is -0.351 e. The topological polar surface area (TPSA) is 88.9 Å². The fraction of sp³-hybridized carbons (Fsp3) is 0.333. The van der Waals surface area contributed by atoms with Crippen LogP contribution in [0.4, 0.5) is 5.82 Å². The first-order chi connectivity index (χ1) is 13.9. The Hall–Kier alpha value is -3.11. The lowest BCUT2D eigenvalue weighted by Crippen LogP contribution is -2.58. The van der Waals surface area contributed by atoms with E-state index in [1.807, 2.05) is 37.1 Å². The summed E-state index contributed by atoms with van der Waals surface area (Å²) in [5.74, 6) is 0.700. The highest BCUT2D eigenvalue weighted by atomic mass is 35.5. The number of hydrogen-bond acceptors (Lipinski definition) is 5. The minimum absolute atomic E-state index is 0. The van der Waals surface area contributed by atoms with E-state index in [2.05, 4.69) is 20.9 Å². The molecule has 0 bridgehead atoms. The molecule has 0 radical (unpaired) electrons. The van der Waals surface area contributed by atoms with E-state index in [4.69, 9.17) is 16.6 Å². The van der Waals surface area contributed by atoms with Gasteiger partial charge in [-0.1, -0.05) is 11.6 Å². The van der Waals surface area contributed by atoms with Crippen LogP contribution in [0, 0.1) is 11.3 Å². The fourth-order valence-electron chi connectivity index (χ4n) is 4.23. The van der Waals surface area contributed by atoms with Crippen molar-refractivity contribution in [3.8, 4) is 17.3 Å². The molecule has 7 nitrogen and oxygen atoms in total. The van der Waals surface area contributed by atoms with Gasteiger partial charge in [0.2, 0.25) is 5.91 Å². The molecule has 1 saturated heterocycles. The lowest BCUT2D eigenvalue weighted by atomic mass is 10.1. The molecule has 0 aliphatic carbocycles. The average Bonchev–Trinajstić information content (AvgIpc) is 3.09. The summed E-state index contributed by atoms with van der Waals surface area (Å²) in [6.45, 7) is 6.88. The number of nitrogens with zero attached hydrogens (tertiary/aromatic N) is 5. The van der Waals surface area contributed by atoms with Crippen molar-refractivity contribution in [3.05, 3.63) is 41.2 Å². The second-order valence-electron chi connectivity index (χ2n) is 7.46. The zero-order chi connectivity index (χ0) is 20.7. The maximum Gasteiger partial charge on any atom is 0.220 e. The summed E-state index contributed by atoms with van der Waals surface area (Å²) in [6.07, 6.45) is 3.45. The van der Waals surface area contributed by atoms with Crippen molar-refractivity contribution in [3.63, 3.8) is 0 Å². The third-order valence-corrected chi connectivity index (χ3v) is 5.56. The molecule has 0 unspecified atom stereocenters. The predicted molar refractivity (Wildman–Crippen MR) is 115 cm³/mol. The van der Waals surface area contributed by atoms with Gasteiger partial charge in [0, 0.05) is 56.9 Å². The van der Waals surface area contributed by atoms with Crippen LogP contribution < -0.4 is 4.90 Å². The van der Waals surface area contributed by atoms with Gasteiger partial charge in [-0.15, -0.1) is 0 Å². The summed E-state index contributed by atoms with van der Waals surface area (Å²) in [5, 5.41) is 11.1. The van der Waals surface area contributed by atoms with Gasteiger partial charge in [0.15, 0.2) is 0 Å². The van der Waals surface area contributed by atoms with Crippen molar-refractivity contribution < 1.29 is 6.22 Å². The first kappa shape index (κ1) is 19.2. The van der Waals surface area contributed by atoms with Crippen LogP contribution in [0.15, 0.2) is 30.6 Å². The fourth-order valence-corrected chi connectivity index (χ4v) is 4.39. The zero-order valence-electron chi connectivity index (χ0n) is 16.5. The number of carbonyl (C=O) groups excluding carboxylic acids is 1. The summed E-state index contributed by atoms with van der Waals surface area (Å²) in [4.78, 5) is 28.2. The molecule has 0 saturated carbocycles. The average molecular weight is 411 g/mol. The summed E-state index contributed by atoms with van der Waals surface area (Å²) < 4.78 is 0. The van der Waals surface area contributed by atoms with E-state index in [0.29, 0.717) is 29.5 Å². The Balaban J connectivity index is 0.00000256. The third kappa shape index (κ3) is 3.40. The monoisotopic (exact) mass is 410 g/mol. The maximum absolute atomic E-state index is 12.0. The van der Waals surface area contributed by atoms with Gasteiger partial charge in [0.1, 0.15) is 17.5 Å². The molecule has 0 spiro atoms. The number of rotatable bonds is 2. The minimum atomic E-state index is 0. The van der Waals surface area contributed by atoms with E-state index >= 15 is 0 Å². The quantitative estimate of drug-likeness (QED) is 0.693. The van der Waals surface area contributed by atoms with Crippen molar-refractivity contribution in [2.45, 2.75) is 32.9 Å². The van der Waals surface area contributed by atoms with Crippen LogP contribution in [0.5, 0.6) is 0 Å². The molecule has 1 amide bonds. The molecule has 8 heteroatoms. The van der Waals surface area contributed by atoms with Gasteiger partial charge in [0.25, 0.3) is 0 Å². The number of nitrogens with one attached hydrogen (secondary N) is 1. The molecule has 1 fully saturated rings. The summed E-state index contributed by atoms with van der Waals surface area (Å²) >= 11 is 6.13. The van der Waals surface area contributed by atoms with Gasteiger partial charge in [0.05, 0.1) is 16.3 Å². The molecule has 1 aliphatic rings. The highest BCUT2D eigenvalue weighted by molar-refractivity contribution is 6.31. The van der Waals surface area contributed by atoms with Crippen LogP contribution in [-0.4, -0.2) is 50.9 Å². The Kier molecular flexibility index (Phi) is 4.89. The Labute approximate surface area is 175 Å². The normalized spacial score (nSPS) is 19.4. The van der Waals surface area contributed by atoms with Crippen LogP contribution >= 0.6 is 11.6 Å². The largest absolute Gasteiger partial charge is 0.351 e. The first-order valence-corrected chi connectivity index (χ1v) is 9.85. The number of aromatic amines is 1. The number of fused-ring (bicyclic) bond motifs is 1. The molecule has 1 aliphatic heterocycles. The lowest BCUT2D eigenvalue weighted by molar-refractivity contribution is -0.133. The van der Waals surface area contributed by atoms with Gasteiger partial charge in [-0.2, -0.15) is 5.26 Å². The van der Waals surface area contributed by atoms with Crippen molar-refractivity contribution in [1.29, 1.82) is 5.26 Å². The van der Waals surface area contributed by atoms with E-state index < -0.39 is 0 Å². The number of halogens is 1. The van der Waals surface area contributed by atoms with E-state index in [1.165, 1.54) is 0 Å². The molecule has 1 N–H and O–H groups in total. The summed E-state index contributed by atoms with van der Waals surface area (Å²) in [6, 6.07) is 7.80. The van der Waals surface area contributed by atoms with Crippen molar-refractivity contribution in [2.24, 2.45) is 0 Å². The second-order valence-corrected chi connectivity index (χ2v) is 7.90. The number of aromatic nitrogens is 3. The van der Waals surface area contributed by atoms with Gasteiger partial charge in [-0.3, -0.25) is 4.79 Å². The number of amides is 1. The van der Waals surface area contributed by atoms with Crippen molar-refractivity contribution in [2.75, 3.05) is 18.0 Å². The smallest absolute Gasteiger partial charge is 0.220 e. The van der Waals surface area contributed by atoms with Gasteiger partial charge in [-0.25, -0.2) is 9.97 Å². The van der Waals surface area contributed by atoms with Gasteiger partial charge < -0.3 is 14.8 Å². The molecule has 3 aromatic rings. The van der Waals surface area contributed by atoms with Crippen LogP contribution in [-0.2, 0) is 4.79 Å². The van der Waals surface area contributed by atoms with E-state index in [0.717, 1.165) is 22.3 Å². The lowest BCUT2D eigenvalue weighted by Gasteiger charge is -2.44. The van der Waals surface area contributed by atoms with Gasteiger partial charge in [-0.05, 0) is 32.0 Å². The van der Waals surface area contributed by atoms with Crippen LogP contribution in [0.1, 0.15) is 27.8 Å². The van der Waals surface area contributed by atoms with Gasteiger partial charge >= 0.3 is 0 Å². The van der Waals surface area contributed by atoms with Crippen LogP contribution in [0.2, 0.25) is 5.02 Å². The standard InChI is InChI=1S/C21H21ClN6O.H2/c1-12-10-27(11-13(2)28(12)14(3)29)21-15(7-23)4-5-19(26-21)18-9-25-20-17(18)6-16(22)8-24-20;/h4-6,8-9,12-13H,10-11H2,1-3H3,(H,24,25);1H/t12-,13+;. The molecule has 0 aromatic carbocycles. The number of hydrogen-bond donors (Lipinski definition) is 1. The molecule has 2 atom stereocenters. The van der Waals surface area contributed by atoms with Crippen LogP contribution in [0.3, 0.4) is 0 Å². The molecule has 29 heavy (non-hydrogen) atoms. The van der Waals surface area contributed by atoms with Crippen LogP contribution in [0.25, 0.3) is 22.3 Å².